The van der Waals surface area contributed by atoms with E-state index in [4.69, 9.17) is 0 Å². The maximum absolute atomic E-state index is 13.3. The summed E-state index contributed by atoms with van der Waals surface area (Å²) in [5.41, 5.74) is 1.91. The largest absolute Gasteiger partial charge is 0.416 e. The number of nitrogens with zero attached hydrogens (tertiary/aromatic N) is 2. The number of piperazine rings is 1. The van der Waals surface area contributed by atoms with Crippen LogP contribution in [0.1, 0.15) is 24.0 Å². The minimum Gasteiger partial charge on any atom is -0.368 e. The van der Waals surface area contributed by atoms with Gasteiger partial charge < -0.3 is 15.1 Å². The number of fused-ring (bicyclic) bond motifs is 3. The van der Waals surface area contributed by atoms with E-state index in [1.165, 1.54) is 6.07 Å². The molecule has 2 aromatic carbocycles. The molecule has 2 aromatic rings. The van der Waals surface area contributed by atoms with Crippen LogP contribution >= 0.6 is 0 Å². The van der Waals surface area contributed by atoms with Crippen LogP contribution in [0, 0.1) is 11.8 Å². The molecule has 2 aliphatic heterocycles. The number of hydrogen-bond acceptors (Lipinski definition) is 3. The van der Waals surface area contributed by atoms with Crippen LogP contribution in [-0.4, -0.2) is 38.1 Å². The number of carbonyl (C=O) groups is 1. The van der Waals surface area contributed by atoms with Crippen LogP contribution in [0.2, 0.25) is 0 Å². The molecular formula is C24H26F3N3O. The molecular weight excluding hydrogens is 403 g/mol. The first kappa shape index (κ1) is 20.2. The summed E-state index contributed by atoms with van der Waals surface area (Å²) in [6.07, 6.45) is -1.78. The predicted molar refractivity (Wildman–Crippen MR) is 114 cm³/mol. The number of anilines is 2. The Morgan fingerprint density at radius 1 is 1.06 bits per heavy atom. The van der Waals surface area contributed by atoms with Crippen molar-refractivity contribution in [2.45, 2.75) is 31.5 Å². The van der Waals surface area contributed by atoms with Gasteiger partial charge in [0.05, 0.1) is 17.5 Å². The van der Waals surface area contributed by atoms with Gasteiger partial charge in [0, 0.05) is 37.6 Å². The Kier molecular flexibility index (Phi) is 5.07. The SMILES string of the molecule is O=C(NCC1CC1)C1Cc2cc(C(F)(F)F)ccc2N2CCN(c3ccccc3)CC12. The first-order valence-corrected chi connectivity index (χ1v) is 10.9. The Balaban J connectivity index is 1.45. The molecule has 2 unspecified atom stereocenters. The van der Waals surface area contributed by atoms with Crippen molar-refractivity contribution in [1.82, 2.24) is 5.32 Å². The Morgan fingerprint density at radius 2 is 1.84 bits per heavy atom. The first-order chi connectivity index (χ1) is 14.9. The lowest BCUT2D eigenvalue weighted by Gasteiger charge is -2.49. The van der Waals surface area contributed by atoms with Crippen molar-refractivity contribution in [3.63, 3.8) is 0 Å². The van der Waals surface area contributed by atoms with Crippen LogP contribution in [0.5, 0.6) is 0 Å². The molecule has 1 saturated heterocycles. The van der Waals surface area contributed by atoms with Crippen molar-refractivity contribution in [1.29, 1.82) is 0 Å². The van der Waals surface area contributed by atoms with E-state index >= 15 is 0 Å². The molecule has 0 spiro atoms. The highest BCUT2D eigenvalue weighted by molar-refractivity contribution is 5.82. The quantitative estimate of drug-likeness (QED) is 0.795. The van der Waals surface area contributed by atoms with Gasteiger partial charge in [-0.3, -0.25) is 4.79 Å². The standard InChI is InChI=1S/C24H26F3N3O/c25-24(26,27)18-8-9-21-17(12-18)13-20(23(31)28-14-16-6-7-16)22-15-29(10-11-30(21)22)19-4-2-1-3-5-19/h1-5,8-9,12,16,20,22H,6-7,10-11,13-15H2,(H,28,31). The van der Waals surface area contributed by atoms with Gasteiger partial charge in [-0.2, -0.15) is 13.2 Å². The van der Waals surface area contributed by atoms with Gasteiger partial charge in [0.1, 0.15) is 0 Å². The van der Waals surface area contributed by atoms with Gasteiger partial charge in [0.15, 0.2) is 0 Å². The van der Waals surface area contributed by atoms with Crippen LogP contribution in [-0.2, 0) is 17.4 Å². The summed E-state index contributed by atoms with van der Waals surface area (Å²) in [6.45, 7) is 2.77. The number of alkyl halides is 3. The molecule has 2 atom stereocenters. The Labute approximate surface area is 180 Å². The summed E-state index contributed by atoms with van der Waals surface area (Å²) in [5.74, 6) is 0.140. The summed E-state index contributed by atoms with van der Waals surface area (Å²) in [5, 5.41) is 3.07. The predicted octanol–water partition coefficient (Wildman–Crippen LogP) is 4.10. The lowest BCUT2D eigenvalue weighted by Crippen LogP contribution is -2.61. The molecule has 31 heavy (non-hydrogen) atoms. The zero-order valence-electron chi connectivity index (χ0n) is 17.2. The number of rotatable bonds is 4. The maximum Gasteiger partial charge on any atom is 0.416 e. The molecule has 1 amide bonds. The van der Waals surface area contributed by atoms with Gasteiger partial charge in [-0.05, 0) is 61.1 Å². The summed E-state index contributed by atoms with van der Waals surface area (Å²) in [7, 11) is 0. The second kappa shape index (κ2) is 7.77. The molecule has 3 aliphatic rings. The summed E-state index contributed by atoms with van der Waals surface area (Å²) in [6, 6.07) is 14.0. The second-order valence-corrected chi connectivity index (χ2v) is 8.88. The van der Waals surface area contributed by atoms with Crippen LogP contribution in [0.15, 0.2) is 48.5 Å². The van der Waals surface area contributed by atoms with Crippen molar-refractivity contribution >= 4 is 17.3 Å². The van der Waals surface area contributed by atoms with Gasteiger partial charge in [-0.1, -0.05) is 18.2 Å². The van der Waals surface area contributed by atoms with Gasteiger partial charge in [-0.25, -0.2) is 0 Å². The zero-order chi connectivity index (χ0) is 21.6. The molecule has 2 fully saturated rings. The van der Waals surface area contributed by atoms with Gasteiger partial charge in [0.25, 0.3) is 0 Å². The van der Waals surface area contributed by atoms with Crippen molar-refractivity contribution in [2.24, 2.45) is 11.8 Å². The first-order valence-electron chi connectivity index (χ1n) is 10.9. The summed E-state index contributed by atoms with van der Waals surface area (Å²) < 4.78 is 39.9. The lowest BCUT2D eigenvalue weighted by molar-refractivity contribution is -0.137. The molecule has 0 bridgehead atoms. The highest BCUT2D eigenvalue weighted by atomic mass is 19.4. The molecule has 4 nitrogen and oxygen atoms in total. The fraction of sp³-hybridized carbons (Fsp3) is 0.458. The number of halogens is 3. The Bertz CT molecular complexity index is 958. The Hall–Kier alpha value is -2.70. The number of hydrogen-bond donors (Lipinski definition) is 1. The van der Waals surface area contributed by atoms with Gasteiger partial charge in [-0.15, -0.1) is 0 Å². The topological polar surface area (TPSA) is 35.6 Å². The summed E-state index contributed by atoms with van der Waals surface area (Å²) >= 11 is 0. The number of para-hydroxylation sites is 1. The number of amides is 1. The van der Waals surface area contributed by atoms with E-state index in [2.05, 4.69) is 27.2 Å². The maximum atomic E-state index is 13.3. The van der Waals surface area contributed by atoms with E-state index in [0.717, 1.165) is 36.8 Å². The molecule has 1 aliphatic carbocycles. The lowest BCUT2D eigenvalue weighted by atomic mass is 9.82. The van der Waals surface area contributed by atoms with Crippen LogP contribution < -0.4 is 15.1 Å². The molecule has 0 radical (unpaired) electrons. The van der Waals surface area contributed by atoms with E-state index in [-0.39, 0.29) is 17.9 Å². The van der Waals surface area contributed by atoms with E-state index in [1.807, 2.05) is 18.2 Å². The van der Waals surface area contributed by atoms with Crippen molar-refractivity contribution in [2.75, 3.05) is 36.0 Å². The fourth-order valence-electron chi connectivity index (χ4n) is 4.87. The molecule has 0 aromatic heterocycles. The Morgan fingerprint density at radius 3 is 2.55 bits per heavy atom. The van der Waals surface area contributed by atoms with E-state index in [1.54, 1.807) is 6.07 Å². The fourth-order valence-corrected chi connectivity index (χ4v) is 4.87. The minimum absolute atomic E-state index is 0.0418. The van der Waals surface area contributed by atoms with Gasteiger partial charge >= 0.3 is 6.18 Å². The van der Waals surface area contributed by atoms with Crippen LogP contribution in [0.4, 0.5) is 24.5 Å². The number of benzene rings is 2. The van der Waals surface area contributed by atoms with E-state index in [9.17, 15) is 18.0 Å². The van der Waals surface area contributed by atoms with Crippen LogP contribution in [0.3, 0.4) is 0 Å². The van der Waals surface area contributed by atoms with Crippen LogP contribution in [0.25, 0.3) is 0 Å². The third kappa shape index (κ3) is 4.10. The molecule has 1 N–H and O–H groups in total. The molecule has 2 heterocycles. The van der Waals surface area contributed by atoms with Crippen molar-refractivity contribution in [3.8, 4) is 0 Å². The monoisotopic (exact) mass is 429 g/mol. The smallest absolute Gasteiger partial charge is 0.368 e. The van der Waals surface area contributed by atoms with Crippen molar-refractivity contribution in [3.05, 3.63) is 59.7 Å². The van der Waals surface area contributed by atoms with E-state index in [0.29, 0.717) is 37.5 Å². The van der Waals surface area contributed by atoms with Crippen molar-refractivity contribution < 1.29 is 18.0 Å². The molecule has 1 saturated carbocycles. The third-order valence-corrected chi connectivity index (χ3v) is 6.76. The average molecular weight is 429 g/mol. The minimum atomic E-state index is -4.39. The summed E-state index contributed by atoms with van der Waals surface area (Å²) in [4.78, 5) is 17.6. The molecule has 5 rings (SSSR count). The number of carbonyl (C=O) groups excluding carboxylic acids is 1. The normalized spacial score (nSPS) is 23.2. The highest BCUT2D eigenvalue weighted by Gasteiger charge is 2.43. The second-order valence-electron chi connectivity index (χ2n) is 8.88. The average Bonchev–Trinajstić information content (AvgIpc) is 3.60. The zero-order valence-corrected chi connectivity index (χ0v) is 17.2. The number of nitrogens with one attached hydrogen (secondary N) is 1. The molecule has 164 valence electrons. The third-order valence-electron chi connectivity index (χ3n) is 6.76. The van der Waals surface area contributed by atoms with Gasteiger partial charge in [0.2, 0.25) is 5.91 Å². The van der Waals surface area contributed by atoms with E-state index < -0.39 is 11.7 Å². The molecule has 7 heteroatoms. The highest BCUT2D eigenvalue weighted by Crippen LogP contribution is 2.40.